The third-order valence-corrected chi connectivity index (χ3v) is 10.8. The summed E-state index contributed by atoms with van der Waals surface area (Å²) >= 11 is 0. The van der Waals surface area contributed by atoms with Crippen LogP contribution in [0.5, 0.6) is 0 Å². The number of esters is 1. The second-order valence-electron chi connectivity index (χ2n) is 13.9. The zero-order chi connectivity index (χ0) is 39.0. The van der Waals surface area contributed by atoms with Gasteiger partial charge in [-0.25, -0.2) is 4.57 Å². The van der Waals surface area contributed by atoms with E-state index in [0.29, 0.717) is 12.8 Å². The van der Waals surface area contributed by atoms with Crippen molar-refractivity contribution in [1.29, 1.82) is 0 Å². The molecule has 0 radical (unpaired) electrons. The maximum absolute atomic E-state index is 13.7. The van der Waals surface area contributed by atoms with Gasteiger partial charge in [0.15, 0.2) is 12.4 Å². The number of allylic oxidation sites excluding steroid dienone is 2. The number of rotatable bonds is 36. The molecule has 1 fully saturated rings. The van der Waals surface area contributed by atoms with Gasteiger partial charge in [0.1, 0.15) is 18.3 Å². The highest BCUT2D eigenvalue weighted by atomic mass is 31.2. The van der Waals surface area contributed by atoms with Gasteiger partial charge in [0, 0.05) is 20.1 Å². The molecule has 0 bridgehead atoms. The van der Waals surface area contributed by atoms with Crippen molar-refractivity contribution in [2.45, 2.75) is 185 Å². The molecule has 6 atom stereocenters. The maximum atomic E-state index is 13.7. The number of hydrogen-bond acceptors (Lipinski definition) is 11. The van der Waals surface area contributed by atoms with Gasteiger partial charge in [-0.3, -0.25) is 18.4 Å². The molecular formula is C41H75O11P. The summed E-state index contributed by atoms with van der Waals surface area (Å²) in [5.41, 5.74) is 0. The van der Waals surface area contributed by atoms with Crippen LogP contribution in [0.2, 0.25) is 0 Å². The lowest BCUT2D eigenvalue weighted by molar-refractivity contribution is -0.296. The number of methoxy groups -OCH3 is 1. The van der Waals surface area contributed by atoms with E-state index in [0.717, 1.165) is 44.9 Å². The predicted molar refractivity (Wildman–Crippen MR) is 211 cm³/mol. The number of phosphoric acid groups is 1. The Morgan fingerprint density at radius 2 is 1.32 bits per heavy atom. The van der Waals surface area contributed by atoms with Crippen LogP contribution in [0.3, 0.4) is 0 Å². The number of carbonyl (C=O) groups is 1. The Kier molecular flexibility index (Phi) is 30.7. The van der Waals surface area contributed by atoms with Crippen LogP contribution >= 0.6 is 7.82 Å². The molecule has 310 valence electrons. The van der Waals surface area contributed by atoms with Crippen LogP contribution in [0, 0.1) is 0 Å². The van der Waals surface area contributed by atoms with E-state index in [1.54, 1.807) is 7.11 Å². The molecule has 1 aliphatic heterocycles. The largest absolute Gasteiger partial charge is 0.475 e. The van der Waals surface area contributed by atoms with E-state index in [4.69, 9.17) is 32.5 Å². The molecule has 0 unspecified atom stereocenters. The molecule has 0 saturated carbocycles. The summed E-state index contributed by atoms with van der Waals surface area (Å²) in [5, 5.41) is 21.2. The zero-order valence-corrected chi connectivity index (χ0v) is 34.3. The fraction of sp³-hybridized carbons (Fsp3) is 0.829. The number of hydrogen-bond donors (Lipinski definition) is 2. The molecule has 1 aliphatic rings. The lowest BCUT2D eigenvalue weighted by atomic mass is 9.98. The van der Waals surface area contributed by atoms with Crippen molar-refractivity contribution in [3.8, 4) is 0 Å². The molecule has 53 heavy (non-hydrogen) atoms. The Bertz CT molecular complexity index is 977. The average molecular weight is 775 g/mol. The highest BCUT2D eigenvalue weighted by Gasteiger charge is 2.52. The summed E-state index contributed by atoms with van der Waals surface area (Å²) < 4.78 is 53.7. The number of aliphatic hydroxyl groups is 2. The van der Waals surface area contributed by atoms with Crippen LogP contribution < -0.4 is 0 Å². The van der Waals surface area contributed by atoms with Crippen LogP contribution in [-0.4, -0.2) is 86.5 Å². The first-order valence-corrected chi connectivity index (χ1v) is 22.0. The highest BCUT2D eigenvalue weighted by Crippen LogP contribution is 2.52. The van der Waals surface area contributed by atoms with E-state index in [9.17, 15) is 19.6 Å². The summed E-state index contributed by atoms with van der Waals surface area (Å²) in [5.74, 6) is -0.523. The molecule has 0 aromatic heterocycles. The number of phosphoric ester groups is 1. The fourth-order valence-electron chi connectivity index (χ4n) is 6.26. The Morgan fingerprint density at radius 1 is 0.774 bits per heavy atom. The molecule has 12 heteroatoms. The van der Waals surface area contributed by atoms with Gasteiger partial charge in [-0.1, -0.05) is 122 Å². The number of ether oxygens (including phenoxy) is 4. The van der Waals surface area contributed by atoms with Gasteiger partial charge in [0.2, 0.25) is 0 Å². The smallest absolute Gasteiger partial charge is 0.454 e. The van der Waals surface area contributed by atoms with Crippen molar-refractivity contribution >= 4 is 13.8 Å². The maximum Gasteiger partial charge on any atom is 0.475 e. The van der Waals surface area contributed by atoms with Crippen molar-refractivity contribution in [1.82, 2.24) is 0 Å². The van der Waals surface area contributed by atoms with E-state index >= 15 is 0 Å². The minimum absolute atomic E-state index is 0.0738. The van der Waals surface area contributed by atoms with Gasteiger partial charge in [-0.2, -0.15) is 0 Å². The second-order valence-corrected chi connectivity index (χ2v) is 15.5. The van der Waals surface area contributed by atoms with E-state index in [1.807, 2.05) is 0 Å². The number of carbonyl (C=O) groups excluding carboxylic acids is 1. The lowest BCUT2D eigenvalue weighted by Gasteiger charge is -2.44. The highest BCUT2D eigenvalue weighted by molar-refractivity contribution is 7.48. The van der Waals surface area contributed by atoms with E-state index in [1.165, 1.54) is 82.8 Å². The molecule has 0 aromatic rings. The summed E-state index contributed by atoms with van der Waals surface area (Å²) in [6.07, 6.45) is 22.7. The van der Waals surface area contributed by atoms with E-state index in [-0.39, 0.29) is 32.3 Å². The zero-order valence-electron chi connectivity index (χ0n) is 33.4. The molecule has 0 amide bonds. The third kappa shape index (κ3) is 23.3. The first kappa shape index (κ1) is 49.6. The second kappa shape index (κ2) is 32.8. The van der Waals surface area contributed by atoms with Crippen molar-refractivity contribution in [2.75, 3.05) is 33.5 Å². The van der Waals surface area contributed by atoms with Crippen LogP contribution in [0.25, 0.3) is 0 Å². The third-order valence-electron chi connectivity index (χ3n) is 9.36. The molecule has 1 rings (SSSR count). The molecule has 0 aromatic carbocycles. The molecule has 1 heterocycles. The summed E-state index contributed by atoms with van der Waals surface area (Å²) in [6.45, 7) is 10.8. The van der Waals surface area contributed by atoms with Crippen molar-refractivity contribution in [2.24, 2.45) is 0 Å². The minimum Gasteiger partial charge on any atom is -0.454 e. The predicted octanol–water partition coefficient (Wildman–Crippen LogP) is 9.69. The van der Waals surface area contributed by atoms with Crippen LogP contribution in [0.4, 0.5) is 0 Å². The monoisotopic (exact) mass is 775 g/mol. The molecule has 0 aliphatic carbocycles. The first-order valence-electron chi connectivity index (χ1n) is 20.5. The Balaban J connectivity index is 2.81. The topological polar surface area (TPSA) is 139 Å². The van der Waals surface area contributed by atoms with Crippen molar-refractivity contribution in [3.05, 3.63) is 37.5 Å². The van der Waals surface area contributed by atoms with Crippen molar-refractivity contribution in [3.63, 3.8) is 0 Å². The normalized spacial score (nSPS) is 21.2. The lowest BCUT2D eigenvalue weighted by Crippen LogP contribution is -2.61. The molecular weight excluding hydrogens is 699 g/mol. The summed E-state index contributed by atoms with van der Waals surface area (Å²) in [6, 6.07) is 0. The van der Waals surface area contributed by atoms with E-state index in [2.05, 4.69) is 39.2 Å². The van der Waals surface area contributed by atoms with Gasteiger partial charge >= 0.3 is 13.8 Å². The molecule has 0 spiro atoms. The Labute approximate surface area is 321 Å². The van der Waals surface area contributed by atoms with Gasteiger partial charge in [0.25, 0.3) is 0 Å². The number of aliphatic hydroxyl groups excluding tert-OH is 2. The fourth-order valence-corrected chi connectivity index (χ4v) is 7.59. The molecule has 1 saturated heterocycles. The van der Waals surface area contributed by atoms with Gasteiger partial charge < -0.3 is 29.2 Å². The van der Waals surface area contributed by atoms with E-state index < -0.39 is 51.1 Å². The summed E-state index contributed by atoms with van der Waals surface area (Å²) in [7, 11) is -2.62. The van der Waals surface area contributed by atoms with Gasteiger partial charge in [-0.15, -0.1) is 13.2 Å². The summed E-state index contributed by atoms with van der Waals surface area (Å²) in [4.78, 5) is 13.1. The van der Waals surface area contributed by atoms with Crippen molar-refractivity contribution < 1.29 is 52.1 Å². The molecule has 11 nitrogen and oxygen atoms in total. The number of unbranched alkanes of at least 4 members (excludes halogenated alkanes) is 15. The average Bonchev–Trinajstić information content (AvgIpc) is 3.15. The van der Waals surface area contributed by atoms with Gasteiger partial charge in [-0.05, 0) is 44.9 Å². The Hall–Kier alpha value is -1.40. The van der Waals surface area contributed by atoms with Gasteiger partial charge in [0.05, 0.1) is 25.9 Å². The Morgan fingerprint density at radius 3 is 1.89 bits per heavy atom. The minimum atomic E-state index is -4.28. The standard InChI is InChI=1S/C41H75O11P/c1-6-10-12-14-15-16-17-18-19-20-21-22-23-25-27-29-37(43)51-40-39(47-33-30-35(46-5)28-26-24-13-11-7-2)38(36(34-42)50-41(40)44)52-53(45,48-31-8-3)49-32-9-4/h8-9,16-17,35-36,38-42,44H,3-4,6-7,10-15,18-34H2,1-2,5H3/b17-16-/t35-,36+,38+,39-,40+,41-/m0/s1. The molecule has 2 N–H and O–H groups in total. The SMILES string of the molecule is C=CCOP(=O)(OCC=C)O[C@H]1[C@H](OCC[C@H](CCCCCCC)OC)[C@@H](OC(=O)CCCCCCCCC/C=C\CCCCCC)[C@@H](O)O[C@@H]1CO. The quantitative estimate of drug-likeness (QED) is 0.0272. The van der Waals surface area contributed by atoms with Crippen LogP contribution in [0.15, 0.2) is 37.5 Å². The first-order chi connectivity index (χ1) is 25.8. The van der Waals surface area contributed by atoms with Crippen LogP contribution in [0.1, 0.15) is 149 Å². The van der Waals surface area contributed by atoms with Crippen LogP contribution in [-0.2, 0) is 41.9 Å².